The van der Waals surface area contributed by atoms with Crippen molar-refractivity contribution in [3.8, 4) is 0 Å². The van der Waals surface area contributed by atoms with Crippen LogP contribution in [0.5, 0.6) is 0 Å². The Morgan fingerprint density at radius 1 is 1.35 bits per heavy atom. The van der Waals surface area contributed by atoms with Gasteiger partial charge >= 0.3 is 0 Å². The van der Waals surface area contributed by atoms with Gasteiger partial charge in [0.2, 0.25) is 10.0 Å². The molecule has 0 saturated carbocycles. The molecule has 0 fully saturated rings. The van der Waals surface area contributed by atoms with Gasteiger partial charge in [-0.1, -0.05) is 23.8 Å². The number of hydrogen-bond donors (Lipinski definition) is 1. The van der Waals surface area contributed by atoms with Crippen molar-refractivity contribution in [2.45, 2.75) is 37.6 Å². The topological polar surface area (TPSA) is 46.2 Å². The van der Waals surface area contributed by atoms with Crippen LogP contribution in [0, 0.1) is 6.92 Å². The van der Waals surface area contributed by atoms with Gasteiger partial charge in [-0.15, -0.1) is 6.58 Å². The van der Waals surface area contributed by atoms with Crippen LogP contribution in [0.25, 0.3) is 0 Å². The number of benzene rings is 1. The Bertz CT molecular complexity index is 463. The zero-order chi connectivity index (χ0) is 12.9. The summed E-state index contributed by atoms with van der Waals surface area (Å²) < 4.78 is 26.6. The molecule has 0 heterocycles. The largest absolute Gasteiger partial charge is 0.240 e. The highest BCUT2D eigenvalue weighted by Gasteiger charge is 2.16. The van der Waals surface area contributed by atoms with Crippen LogP contribution < -0.4 is 4.72 Å². The fourth-order valence-electron chi connectivity index (χ4n) is 1.48. The van der Waals surface area contributed by atoms with Gasteiger partial charge in [-0.05, 0) is 38.8 Å². The molecule has 0 bridgehead atoms. The number of rotatable bonds is 6. The van der Waals surface area contributed by atoms with Gasteiger partial charge in [0.25, 0.3) is 0 Å². The predicted molar refractivity (Wildman–Crippen MR) is 70.4 cm³/mol. The first-order valence-electron chi connectivity index (χ1n) is 5.65. The Balaban J connectivity index is 2.74. The SMILES string of the molecule is C=CCC[C@@H](C)NS(=O)(=O)c1ccc(C)cc1. The molecule has 1 atom stereocenters. The zero-order valence-electron chi connectivity index (χ0n) is 10.3. The van der Waals surface area contributed by atoms with Crippen LogP contribution in [-0.2, 0) is 10.0 Å². The molecule has 17 heavy (non-hydrogen) atoms. The molecule has 0 unspecified atom stereocenters. The summed E-state index contributed by atoms with van der Waals surface area (Å²) in [5, 5.41) is 0. The van der Waals surface area contributed by atoms with Gasteiger partial charge in [-0.2, -0.15) is 0 Å². The summed E-state index contributed by atoms with van der Waals surface area (Å²) >= 11 is 0. The van der Waals surface area contributed by atoms with Crippen molar-refractivity contribution in [1.29, 1.82) is 0 Å². The summed E-state index contributed by atoms with van der Waals surface area (Å²) in [5.74, 6) is 0. The smallest absolute Gasteiger partial charge is 0.208 e. The minimum atomic E-state index is -3.39. The molecule has 0 aromatic heterocycles. The molecule has 1 N–H and O–H groups in total. The summed E-state index contributed by atoms with van der Waals surface area (Å²) in [6.07, 6.45) is 3.35. The van der Waals surface area contributed by atoms with E-state index in [4.69, 9.17) is 0 Å². The molecule has 0 spiro atoms. The second kappa shape index (κ2) is 5.98. The highest BCUT2D eigenvalue weighted by Crippen LogP contribution is 2.11. The first kappa shape index (κ1) is 13.9. The van der Waals surface area contributed by atoms with Crippen molar-refractivity contribution >= 4 is 10.0 Å². The summed E-state index contributed by atoms with van der Waals surface area (Å²) in [6, 6.07) is 6.75. The van der Waals surface area contributed by atoms with E-state index >= 15 is 0 Å². The lowest BCUT2D eigenvalue weighted by Gasteiger charge is -2.13. The van der Waals surface area contributed by atoms with E-state index in [1.807, 2.05) is 13.8 Å². The van der Waals surface area contributed by atoms with E-state index in [-0.39, 0.29) is 6.04 Å². The monoisotopic (exact) mass is 253 g/mol. The number of hydrogen-bond acceptors (Lipinski definition) is 2. The van der Waals surface area contributed by atoms with Crippen LogP contribution in [0.3, 0.4) is 0 Å². The maximum Gasteiger partial charge on any atom is 0.240 e. The van der Waals surface area contributed by atoms with E-state index < -0.39 is 10.0 Å². The average molecular weight is 253 g/mol. The van der Waals surface area contributed by atoms with E-state index in [2.05, 4.69) is 11.3 Å². The first-order valence-corrected chi connectivity index (χ1v) is 7.14. The van der Waals surface area contributed by atoms with Crippen molar-refractivity contribution in [2.24, 2.45) is 0 Å². The zero-order valence-corrected chi connectivity index (χ0v) is 11.1. The van der Waals surface area contributed by atoms with E-state index in [9.17, 15) is 8.42 Å². The van der Waals surface area contributed by atoms with E-state index in [1.165, 1.54) is 0 Å². The Labute approximate surface area is 104 Å². The molecule has 3 nitrogen and oxygen atoms in total. The van der Waals surface area contributed by atoms with Crippen molar-refractivity contribution < 1.29 is 8.42 Å². The highest BCUT2D eigenvalue weighted by atomic mass is 32.2. The number of nitrogens with one attached hydrogen (secondary N) is 1. The molecule has 4 heteroatoms. The van der Waals surface area contributed by atoms with Crippen LogP contribution in [0.15, 0.2) is 41.8 Å². The second-order valence-electron chi connectivity index (χ2n) is 4.20. The maximum absolute atomic E-state index is 12.0. The van der Waals surface area contributed by atoms with Gasteiger partial charge in [0, 0.05) is 6.04 Å². The fraction of sp³-hybridized carbons (Fsp3) is 0.385. The van der Waals surface area contributed by atoms with Gasteiger partial charge in [0.05, 0.1) is 4.90 Å². The molecule has 0 radical (unpaired) electrons. The van der Waals surface area contributed by atoms with Gasteiger partial charge in [0.15, 0.2) is 0 Å². The van der Waals surface area contributed by atoms with Gasteiger partial charge < -0.3 is 0 Å². The van der Waals surface area contributed by atoms with E-state index in [0.29, 0.717) is 4.90 Å². The number of allylic oxidation sites excluding steroid dienone is 1. The minimum absolute atomic E-state index is 0.0840. The Kier molecular flexibility index (Phi) is 4.90. The molecular formula is C13H19NO2S. The maximum atomic E-state index is 12.0. The molecule has 0 saturated heterocycles. The predicted octanol–water partition coefficient (Wildman–Crippen LogP) is 2.63. The third kappa shape index (κ3) is 4.32. The number of sulfonamides is 1. The Hall–Kier alpha value is -1.13. The van der Waals surface area contributed by atoms with Crippen LogP contribution in [0.2, 0.25) is 0 Å². The van der Waals surface area contributed by atoms with Crippen LogP contribution >= 0.6 is 0 Å². The third-order valence-corrected chi connectivity index (χ3v) is 4.10. The van der Waals surface area contributed by atoms with Crippen LogP contribution in [-0.4, -0.2) is 14.5 Å². The molecule has 0 aliphatic heterocycles. The molecular weight excluding hydrogens is 234 g/mol. The van der Waals surface area contributed by atoms with Crippen molar-refractivity contribution in [1.82, 2.24) is 4.72 Å². The average Bonchev–Trinajstić information content (AvgIpc) is 2.26. The first-order chi connectivity index (χ1) is 7.95. The van der Waals surface area contributed by atoms with Gasteiger partial charge in [-0.25, -0.2) is 13.1 Å². The lowest BCUT2D eigenvalue weighted by atomic mass is 10.2. The standard InChI is InChI=1S/C13H19NO2S/c1-4-5-6-12(3)14-17(15,16)13-9-7-11(2)8-10-13/h4,7-10,12,14H,1,5-6H2,2-3H3/t12-/m1/s1. The lowest BCUT2D eigenvalue weighted by Crippen LogP contribution is -2.32. The summed E-state index contributed by atoms with van der Waals surface area (Å²) in [7, 11) is -3.39. The quantitative estimate of drug-likeness (QED) is 0.792. The Morgan fingerprint density at radius 2 is 1.94 bits per heavy atom. The summed E-state index contributed by atoms with van der Waals surface area (Å²) in [4.78, 5) is 0.313. The van der Waals surface area contributed by atoms with Crippen molar-refractivity contribution in [3.63, 3.8) is 0 Å². The van der Waals surface area contributed by atoms with Crippen LogP contribution in [0.1, 0.15) is 25.3 Å². The molecule has 0 amide bonds. The molecule has 0 aliphatic rings. The van der Waals surface area contributed by atoms with Crippen molar-refractivity contribution in [2.75, 3.05) is 0 Å². The lowest BCUT2D eigenvalue weighted by molar-refractivity contribution is 0.549. The third-order valence-electron chi connectivity index (χ3n) is 2.49. The molecule has 1 aromatic rings. The van der Waals surface area contributed by atoms with Gasteiger partial charge in [-0.3, -0.25) is 0 Å². The Morgan fingerprint density at radius 3 is 2.47 bits per heavy atom. The molecule has 1 aromatic carbocycles. The number of aryl methyl sites for hydroxylation is 1. The van der Waals surface area contributed by atoms with Crippen LogP contribution in [0.4, 0.5) is 0 Å². The van der Waals surface area contributed by atoms with Crippen molar-refractivity contribution in [3.05, 3.63) is 42.5 Å². The second-order valence-corrected chi connectivity index (χ2v) is 5.92. The van der Waals surface area contributed by atoms with E-state index in [1.54, 1.807) is 30.3 Å². The molecule has 0 aliphatic carbocycles. The summed E-state index contributed by atoms with van der Waals surface area (Å²) in [6.45, 7) is 7.40. The highest BCUT2D eigenvalue weighted by molar-refractivity contribution is 7.89. The van der Waals surface area contributed by atoms with Gasteiger partial charge in [0.1, 0.15) is 0 Å². The normalized spacial score (nSPS) is 13.3. The molecule has 1 rings (SSSR count). The fourth-order valence-corrected chi connectivity index (χ4v) is 2.76. The van der Waals surface area contributed by atoms with E-state index in [0.717, 1.165) is 18.4 Å². The minimum Gasteiger partial charge on any atom is -0.208 e. The molecule has 94 valence electrons. The summed E-state index contributed by atoms with van der Waals surface area (Å²) in [5.41, 5.74) is 1.05.